The summed E-state index contributed by atoms with van der Waals surface area (Å²) in [6.07, 6.45) is 2.19. The summed E-state index contributed by atoms with van der Waals surface area (Å²) in [4.78, 5) is 30.6. The molecular formula is C24H18FIN2O3. The number of nitrogens with zero attached hydrogens (tertiary/aromatic N) is 2. The van der Waals surface area contributed by atoms with E-state index in [9.17, 15) is 14.0 Å². The third-order valence-corrected chi connectivity index (χ3v) is 5.43. The molecule has 5 nitrogen and oxygen atoms in total. The number of carbonyl (C=O) groups excluding carboxylic acids is 1. The molecule has 2 heterocycles. The van der Waals surface area contributed by atoms with Gasteiger partial charge in [-0.05, 0) is 64.4 Å². The van der Waals surface area contributed by atoms with E-state index < -0.39 is 5.56 Å². The van der Waals surface area contributed by atoms with Gasteiger partial charge in [0.15, 0.2) is 11.5 Å². The predicted octanol–water partition coefficient (Wildman–Crippen LogP) is 4.83. The van der Waals surface area contributed by atoms with Crippen molar-refractivity contribution in [1.82, 2.24) is 9.38 Å². The highest BCUT2D eigenvalue weighted by atomic mass is 127. The van der Waals surface area contributed by atoms with Gasteiger partial charge >= 0.3 is 5.56 Å². The SMILES string of the molecule is O=C(CCc1ccc(F)cc1)c1nc2ccc(I)cn2c(=O)c1OCc1ccccc1. The zero-order valence-corrected chi connectivity index (χ0v) is 18.6. The molecule has 0 aliphatic rings. The lowest BCUT2D eigenvalue weighted by atomic mass is 10.1. The van der Waals surface area contributed by atoms with Crippen LogP contribution in [-0.2, 0) is 13.0 Å². The van der Waals surface area contributed by atoms with E-state index in [-0.39, 0.29) is 36.1 Å². The Bertz CT molecular complexity index is 1290. The fourth-order valence-electron chi connectivity index (χ4n) is 3.17. The third kappa shape index (κ3) is 4.99. The van der Waals surface area contributed by atoms with Crippen LogP contribution in [0.2, 0.25) is 0 Å². The number of fused-ring (bicyclic) bond motifs is 1. The fourth-order valence-corrected chi connectivity index (χ4v) is 3.63. The van der Waals surface area contributed by atoms with Crippen LogP contribution >= 0.6 is 22.6 Å². The van der Waals surface area contributed by atoms with Crippen molar-refractivity contribution >= 4 is 34.0 Å². The Morgan fingerprint density at radius 1 is 1.00 bits per heavy atom. The zero-order valence-electron chi connectivity index (χ0n) is 16.4. The van der Waals surface area contributed by atoms with Gasteiger partial charge in [0.1, 0.15) is 18.1 Å². The minimum atomic E-state index is -0.426. The summed E-state index contributed by atoms with van der Waals surface area (Å²) in [5.41, 5.74) is 1.67. The molecule has 0 saturated carbocycles. The molecule has 2 aromatic heterocycles. The molecule has 7 heteroatoms. The molecule has 4 aromatic rings. The zero-order chi connectivity index (χ0) is 21.8. The van der Waals surface area contributed by atoms with Gasteiger partial charge in [0, 0.05) is 16.2 Å². The summed E-state index contributed by atoms with van der Waals surface area (Å²) in [7, 11) is 0. The maximum atomic E-state index is 13.1. The first-order valence-corrected chi connectivity index (χ1v) is 10.8. The average Bonchev–Trinajstić information content (AvgIpc) is 2.79. The van der Waals surface area contributed by atoms with Crippen molar-refractivity contribution in [2.45, 2.75) is 19.4 Å². The van der Waals surface area contributed by atoms with Gasteiger partial charge in [0.2, 0.25) is 5.75 Å². The smallest absolute Gasteiger partial charge is 0.301 e. The summed E-state index contributed by atoms with van der Waals surface area (Å²) < 4.78 is 21.2. The lowest BCUT2D eigenvalue weighted by Crippen LogP contribution is -2.23. The molecule has 0 saturated heterocycles. The van der Waals surface area contributed by atoms with Crippen molar-refractivity contribution in [3.05, 3.63) is 109 Å². The third-order valence-electron chi connectivity index (χ3n) is 4.79. The molecule has 0 atom stereocenters. The number of ether oxygens (including phenoxy) is 1. The number of benzene rings is 2. The Morgan fingerprint density at radius 3 is 2.48 bits per heavy atom. The van der Waals surface area contributed by atoms with E-state index in [1.165, 1.54) is 16.5 Å². The quantitative estimate of drug-likeness (QED) is 0.255. The van der Waals surface area contributed by atoms with Crippen LogP contribution in [0.15, 0.2) is 77.7 Å². The molecule has 0 N–H and O–H groups in total. The van der Waals surface area contributed by atoms with Crippen LogP contribution < -0.4 is 10.3 Å². The Balaban J connectivity index is 1.67. The Labute approximate surface area is 191 Å². The van der Waals surface area contributed by atoms with Gasteiger partial charge < -0.3 is 4.74 Å². The molecule has 2 aromatic carbocycles. The van der Waals surface area contributed by atoms with Gasteiger partial charge in [-0.25, -0.2) is 9.37 Å². The first kappa shape index (κ1) is 21.2. The van der Waals surface area contributed by atoms with Gasteiger partial charge in [-0.2, -0.15) is 0 Å². The molecule has 0 aliphatic carbocycles. The van der Waals surface area contributed by atoms with Crippen molar-refractivity contribution < 1.29 is 13.9 Å². The van der Waals surface area contributed by atoms with Gasteiger partial charge in [-0.3, -0.25) is 14.0 Å². The highest BCUT2D eigenvalue weighted by molar-refractivity contribution is 14.1. The maximum absolute atomic E-state index is 13.1. The van der Waals surface area contributed by atoms with Crippen LogP contribution in [0.3, 0.4) is 0 Å². The van der Waals surface area contributed by atoms with Gasteiger partial charge in [-0.15, -0.1) is 0 Å². The molecule has 4 rings (SSSR count). The number of ketones is 1. The molecule has 0 fully saturated rings. The fraction of sp³-hybridized carbons (Fsp3) is 0.125. The molecular weight excluding hydrogens is 510 g/mol. The van der Waals surface area contributed by atoms with Crippen LogP contribution in [0.4, 0.5) is 4.39 Å². The number of rotatable bonds is 7. The van der Waals surface area contributed by atoms with Crippen LogP contribution in [0, 0.1) is 9.39 Å². The van der Waals surface area contributed by atoms with Crippen LogP contribution in [0.1, 0.15) is 28.0 Å². The summed E-state index contributed by atoms with van der Waals surface area (Å²) >= 11 is 2.11. The number of aryl methyl sites for hydroxylation is 1. The van der Waals surface area contributed by atoms with Crippen LogP contribution in [0.25, 0.3) is 5.65 Å². The Hall–Kier alpha value is -3.07. The van der Waals surface area contributed by atoms with Crippen molar-refractivity contribution in [3.63, 3.8) is 0 Å². The second-order valence-electron chi connectivity index (χ2n) is 6.99. The van der Waals surface area contributed by atoms with E-state index in [4.69, 9.17) is 4.74 Å². The molecule has 31 heavy (non-hydrogen) atoms. The van der Waals surface area contributed by atoms with Crippen LogP contribution in [-0.4, -0.2) is 15.2 Å². The highest BCUT2D eigenvalue weighted by Crippen LogP contribution is 2.19. The second-order valence-corrected chi connectivity index (χ2v) is 8.24. The van der Waals surface area contributed by atoms with E-state index in [0.29, 0.717) is 12.1 Å². The summed E-state index contributed by atoms with van der Waals surface area (Å²) in [5, 5.41) is 0. The summed E-state index contributed by atoms with van der Waals surface area (Å²) in [5.74, 6) is -0.691. The summed E-state index contributed by atoms with van der Waals surface area (Å²) in [6.45, 7) is 0.145. The van der Waals surface area contributed by atoms with E-state index in [2.05, 4.69) is 27.6 Å². The second kappa shape index (κ2) is 9.38. The normalized spacial score (nSPS) is 10.9. The van der Waals surface area contributed by atoms with E-state index >= 15 is 0 Å². The van der Waals surface area contributed by atoms with E-state index in [0.717, 1.165) is 14.7 Å². The van der Waals surface area contributed by atoms with Crippen molar-refractivity contribution in [1.29, 1.82) is 0 Å². The first-order valence-electron chi connectivity index (χ1n) is 9.67. The molecule has 0 aliphatic heterocycles. The maximum Gasteiger partial charge on any atom is 0.301 e. The topological polar surface area (TPSA) is 60.7 Å². The minimum absolute atomic E-state index is 0.0178. The highest BCUT2D eigenvalue weighted by Gasteiger charge is 2.21. The first-order chi connectivity index (χ1) is 15.0. The van der Waals surface area contributed by atoms with Gasteiger partial charge in [0.25, 0.3) is 0 Å². The van der Waals surface area contributed by atoms with Crippen molar-refractivity contribution in [3.8, 4) is 5.75 Å². The molecule has 0 unspecified atom stereocenters. The number of halogens is 2. The Morgan fingerprint density at radius 2 is 1.74 bits per heavy atom. The van der Waals surface area contributed by atoms with E-state index in [1.807, 2.05) is 36.4 Å². The van der Waals surface area contributed by atoms with Crippen molar-refractivity contribution in [2.24, 2.45) is 0 Å². The summed E-state index contributed by atoms with van der Waals surface area (Å²) in [6, 6.07) is 18.9. The van der Waals surface area contributed by atoms with Gasteiger partial charge in [-0.1, -0.05) is 42.5 Å². The number of hydrogen-bond donors (Lipinski definition) is 0. The Kier molecular flexibility index (Phi) is 6.41. The monoisotopic (exact) mass is 528 g/mol. The number of Topliss-reactive ketones (excluding diaryl/α,β-unsaturated/α-hetero) is 1. The van der Waals surface area contributed by atoms with Crippen molar-refractivity contribution in [2.75, 3.05) is 0 Å². The molecule has 156 valence electrons. The number of pyridine rings is 1. The number of aromatic nitrogens is 2. The number of hydrogen-bond acceptors (Lipinski definition) is 4. The number of carbonyl (C=O) groups is 1. The molecule has 0 amide bonds. The largest absolute Gasteiger partial charge is 0.481 e. The average molecular weight is 528 g/mol. The van der Waals surface area contributed by atoms with E-state index in [1.54, 1.807) is 24.4 Å². The standard InChI is InChI=1S/C24H18FIN2O3/c25-18-9-6-16(7-10-18)8-12-20(29)22-23(31-15-17-4-2-1-3-5-17)24(30)28-14-19(26)11-13-21(28)27-22/h1-7,9-11,13-14H,8,12,15H2. The lowest BCUT2D eigenvalue weighted by molar-refractivity contribution is 0.0972. The van der Waals surface area contributed by atoms with Gasteiger partial charge in [0.05, 0.1) is 0 Å². The predicted molar refractivity (Wildman–Crippen MR) is 124 cm³/mol. The molecule has 0 spiro atoms. The molecule has 0 radical (unpaired) electrons. The lowest BCUT2D eigenvalue weighted by Gasteiger charge is -2.12. The van der Waals surface area contributed by atoms with Crippen LogP contribution in [0.5, 0.6) is 5.75 Å². The molecule has 0 bridgehead atoms. The minimum Gasteiger partial charge on any atom is -0.481 e.